The van der Waals surface area contributed by atoms with Crippen LogP contribution in [0.5, 0.6) is 0 Å². The van der Waals surface area contributed by atoms with Gasteiger partial charge in [0.25, 0.3) is 5.91 Å². The van der Waals surface area contributed by atoms with Gasteiger partial charge in [-0.05, 0) is 19.1 Å². The second-order valence-electron chi connectivity index (χ2n) is 3.66. The molecule has 0 saturated carbocycles. The average molecular weight is 278 g/mol. The molecule has 0 radical (unpaired) electrons. The van der Waals surface area contributed by atoms with Gasteiger partial charge in [0, 0.05) is 11.4 Å². The Morgan fingerprint density at radius 1 is 1.42 bits per heavy atom. The Bertz CT molecular complexity index is 511. The summed E-state index contributed by atoms with van der Waals surface area (Å²) in [5.74, 6) is -1.13. The molecule has 0 fully saturated rings. The predicted octanol–water partition coefficient (Wildman–Crippen LogP) is 1.85. The van der Waals surface area contributed by atoms with Crippen LogP contribution in [-0.2, 0) is 4.79 Å². The minimum absolute atomic E-state index is 0.245. The zero-order valence-corrected chi connectivity index (χ0v) is 11.3. The molecule has 5 nitrogen and oxygen atoms in total. The maximum Gasteiger partial charge on any atom is 0.323 e. The van der Waals surface area contributed by atoms with Gasteiger partial charge in [-0.25, -0.2) is 0 Å². The van der Waals surface area contributed by atoms with E-state index in [9.17, 15) is 9.59 Å². The zero-order chi connectivity index (χ0) is 14.3. The molecule has 1 aromatic carbocycles. The molecular formula is C13H14N2O3S. The number of carboxylic acids is 1. The van der Waals surface area contributed by atoms with Gasteiger partial charge in [0.15, 0.2) is 0 Å². The average Bonchev–Trinajstić information content (AvgIpc) is 2.41. The van der Waals surface area contributed by atoms with Crippen LogP contribution in [0.15, 0.2) is 29.2 Å². The highest BCUT2D eigenvalue weighted by Gasteiger charge is 2.19. The zero-order valence-electron chi connectivity index (χ0n) is 10.5. The molecule has 0 saturated heterocycles. The van der Waals surface area contributed by atoms with E-state index in [0.717, 1.165) is 0 Å². The van der Waals surface area contributed by atoms with Crippen LogP contribution in [-0.4, -0.2) is 40.7 Å². The molecule has 1 rings (SSSR count). The van der Waals surface area contributed by atoms with Crippen molar-refractivity contribution in [3.8, 4) is 6.07 Å². The van der Waals surface area contributed by atoms with Crippen molar-refractivity contribution in [2.24, 2.45) is 0 Å². The van der Waals surface area contributed by atoms with Crippen molar-refractivity contribution in [3.63, 3.8) is 0 Å². The van der Waals surface area contributed by atoms with Crippen LogP contribution < -0.4 is 0 Å². The topological polar surface area (TPSA) is 81.4 Å². The Balaban J connectivity index is 2.97. The van der Waals surface area contributed by atoms with Gasteiger partial charge in [-0.2, -0.15) is 5.26 Å². The third kappa shape index (κ3) is 4.30. The lowest BCUT2D eigenvalue weighted by Gasteiger charge is -2.19. The monoisotopic (exact) mass is 278 g/mol. The largest absolute Gasteiger partial charge is 0.480 e. The van der Waals surface area contributed by atoms with Gasteiger partial charge in [0.05, 0.1) is 17.4 Å². The van der Waals surface area contributed by atoms with Crippen LogP contribution in [0, 0.1) is 11.3 Å². The number of nitrogens with zero attached hydrogens (tertiary/aromatic N) is 2. The number of rotatable bonds is 6. The van der Waals surface area contributed by atoms with E-state index in [1.54, 1.807) is 31.2 Å². The number of hydrogen-bond acceptors (Lipinski definition) is 4. The van der Waals surface area contributed by atoms with E-state index < -0.39 is 5.97 Å². The van der Waals surface area contributed by atoms with Crippen LogP contribution in [0.25, 0.3) is 0 Å². The van der Waals surface area contributed by atoms with Gasteiger partial charge in [-0.1, -0.05) is 12.1 Å². The number of carbonyl (C=O) groups excluding carboxylic acids is 1. The van der Waals surface area contributed by atoms with Crippen molar-refractivity contribution in [1.82, 2.24) is 4.90 Å². The normalized spacial score (nSPS) is 9.68. The van der Waals surface area contributed by atoms with Crippen molar-refractivity contribution >= 4 is 23.6 Å². The van der Waals surface area contributed by atoms with Crippen molar-refractivity contribution in [2.45, 2.75) is 11.8 Å². The predicted molar refractivity (Wildman–Crippen MR) is 72.0 cm³/mol. The molecule has 0 aliphatic carbocycles. The third-order valence-electron chi connectivity index (χ3n) is 2.40. The molecular weight excluding hydrogens is 264 g/mol. The molecule has 1 amide bonds. The van der Waals surface area contributed by atoms with Crippen molar-refractivity contribution in [1.29, 1.82) is 5.26 Å². The summed E-state index contributed by atoms with van der Waals surface area (Å²) in [7, 11) is 0. The first-order valence-electron chi connectivity index (χ1n) is 5.70. The third-order valence-corrected chi connectivity index (χ3v) is 3.35. The van der Waals surface area contributed by atoms with E-state index in [1.807, 2.05) is 6.07 Å². The Morgan fingerprint density at radius 3 is 2.68 bits per heavy atom. The molecule has 1 aromatic rings. The van der Waals surface area contributed by atoms with Crippen LogP contribution in [0.3, 0.4) is 0 Å². The lowest BCUT2D eigenvalue weighted by atomic mass is 10.2. The second kappa shape index (κ2) is 7.44. The Morgan fingerprint density at radius 2 is 2.11 bits per heavy atom. The fraction of sp³-hybridized carbons (Fsp3) is 0.308. The molecule has 19 heavy (non-hydrogen) atoms. The molecule has 1 N–H and O–H groups in total. The molecule has 0 aliphatic heterocycles. The number of aliphatic carboxylic acids is 1. The first-order chi connectivity index (χ1) is 9.10. The molecule has 0 heterocycles. The molecule has 0 bridgehead atoms. The highest BCUT2D eigenvalue weighted by molar-refractivity contribution is 7.99. The summed E-state index contributed by atoms with van der Waals surface area (Å²) in [6, 6.07) is 8.90. The number of nitriles is 1. The van der Waals surface area contributed by atoms with Gasteiger partial charge in [-0.3, -0.25) is 9.59 Å². The molecule has 0 spiro atoms. The van der Waals surface area contributed by atoms with E-state index >= 15 is 0 Å². The SMILES string of the molecule is CCN(CC(=O)O)C(=O)c1ccccc1SCC#N. The molecule has 0 aromatic heterocycles. The smallest absolute Gasteiger partial charge is 0.323 e. The number of amides is 1. The van der Waals surface area contributed by atoms with Crippen LogP contribution in [0.1, 0.15) is 17.3 Å². The summed E-state index contributed by atoms with van der Waals surface area (Å²) >= 11 is 1.27. The summed E-state index contributed by atoms with van der Waals surface area (Å²) in [5.41, 5.74) is 0.436. The lowest BCUT2D eigenvalue weighted by molar-refractivity contribution is -0.137. The van der Waals surface area contributed by atoms with Crippen molar-refractivity contribution in [3.05, 3.63) is 29.8 Å². The number of likely N-dealkylation sites (N-methyl/N-ethyl adjacent to an activating group) is 1. The van der Waals surface area contributed by atoms with Gasteiger partial charge >= 0.3 is 5.97 Å². The molecule has 0 aliphatic rings. The number of carbonyl (C=O) groups is 2. The van der Waals surface area contributed by atoms with Crippen LogP contribution >= 0.6 is 11.8 Å². The molecule has 100 valence electrons. The summed E-state index contributed by atoms with van der Waals surface area (Å²) in [6.07, 6.45) is 0. The fourth-order valence-electron chi connectivity index (χ4n) is 1.54. The van der Waals surface area contributed by atoms with Gasteiger partial charge in [0.1, 0.15) is 6.54 Å². The van der Waals surface area contributed by atoms with Gasteiger partial charge in [-0.15, -0.1) is 11.8 Å². The van der Waals surface area contributed by atoms with E-state index in [0.29, 0.717) is 17.0 Å². The standard InChI is InChI=1S/C13H14N2O3S/c1-2-15(9-12(16)17)13(18)10-5-3-4-6-11(10)19-8-7-14/h3-6H,2,8-9H2,1H3,(H,16,17). The Hall–Kier alpha value is -2.00. The maximum absolute atomic E-state index is 12.3. The number of thioether (sulfide) groups is 1. The Labute approximate surface area is 115 Å². The maximum atomic E-state index is 12.3. The molecule has 6 heteroatoms. The summed E-state index contributed by atoms with van der Waals surface area (Å²) in [5, 5.41) is 17.4. The van der Waals surface area contributed by atoms with Gasteiger partial charge in [0.2, 0.25) is 0 Å². The van der Waals surface area contributed by atoms with Crippen LogP contribution in [0.2, 0.25) is 0 Å². The number of carboxylic acid groups (broad SMARTS) is 1. The number of benzene rings is 1. The highest BCUT2D eigenvalue weighted by atomic mass is 32.2. The minimum atomic E-state index is -1.04. The van der Waals surface area contributed by atoms with Crippen molar-refractivity contribution < 1.29 is 14.7 Å². The Kier molecular flexibility index (Phi) is 5.90. The first kappa shape index (κ1) is 15.1. The molecule has 0 unspecified atom stereocenters. The number of hydrogen-bond donors (Lipinski definition) is 1. The fourth-order valence-corrected chi connectivity index (χ4v) is 2.25. The minimum Gasteiger partial charge on any atom is -0.480 e. The summed E-state index contributed by atoms with van der Waals surface area (Å²) < 4.78 is 0. The summed E-state index contributed by atoms with van der Waals surface area (Å²) in [6.45, 7) is 1.72. The van der Waals surface area contributed by atoms with E-state index in [-0.39, 0.29) is 18.2 Å². The second-order valence-corrected chi connectivity index (χ2v) is 4.67. The quantitative estimate of drug-likeness (QED) is 0.803. The van der Waals surface area contributed by atoms with Crippen molar-refractivity contribution in [2.75, 3.05) is 18.8 Å². The van der Waals surface area contributed by atoms with E-state index in [4.69, 9.17) is 10.4 Å². The first-order valence-corrected chi connectivity index (χ1v) is 6.68. The molecule has 0 atom stereocenters. The highest BCUT2D eigenvalue weighted by Crippen LogP contribution is 2.23. The van der Waals surface area contributed by atoms with Crippen LogP contribution in [0.4, 0.5) is 0 Å². The van der Waals surface area contributed by atoms with Gasteiger partial charge < -0.3 is 10.0 Å². The lowest BCUT2D eigenvalue weighted by Crippen LogP contribution is -2.35. The van der Waals surface area contributed by atoms with E-state index in [1.165, 1.54) is 16.7 Å². The summed E-state index contributed by atoms with van der Waals surface area (Å²) in [4.78, 5) is 24.9. The van der Waals surface area contributed by atoms with E-state index in [2.05, 4.69) is 0 Å².